The van der Waals surface area contributed by atoms with E-state index in [4.69, 9.17) is 5.73 Å². The number of halogens is 2. The summed E-state index contributed by atoms with van der Waals surface area (Å²) in [6.07, 6.45) is -0.358. The number of carboxylic acid groups (broad SMARTS) is 1. The van der Waals surface area contributed by atoms with Crippen molar-refractivity contribution in [1.82, 2.24) is 4.90 Å². The molecule has 3 rings (SSSR count). The Labute approximate surface area is 119 Å². The van der Waals surface area contributed by atoms with Gasteiger partial charge in [-0.1, -0.05) is 0 Å². The van der Waals surface area contributed by atoms with Crippen molar-refractivity contribution >= 4 is 12.0 Å². The topological polar surface area (TPSA) is 83.6 Å². The quantitative estimate of drug-likeness (QED) is 0.866. The van der Waals surface area contributed by atoms with Gasteiger partial charge in [-0.05, 0) is 36.5 Å². The lowest BCUT2D eigenvalue weighted by atomic mass is 9.86. The molecular formula is C14H14F2N2O3. The number of primary amides is 1. The summed E-state index contributed by atoms with van der Waals surface area (Å²) in [6.45, 7) is 0.0312. The molecule has 1 heterocycles. The Morgan fingerprint density at radius 3 is 2.43 bits per heavy atom. The zero-order valence-electron chi connectivity index (χ0n) is 11.1. The molecule has 1 aliphatic heterocycles. The average molecular weight is 296 g/mol. The molecule has 1 aliphatic carbocycles. The number of amides is 2. The SMILES string of the molecule is NC(=O)C1C[C@@H]2C[C@]2(c2cc(F)cc(F)c2)CN1C(=O)O. The fraction of sp³-hybridized carbons (Fsp3) is 0.429. The predicted molar refractivity (Wildman–Crippen MR) is 68.5 cm³/mol. The fourth-order valence-corrected chi connectivity index (χ4v) is 3.45. The molecule has 0 spiro atoms. The number of likely N-dealkylation sites (tertiary alicyclic amines) is 1. The molecule has 1 saturated carbocycles. The van der Waals surface area contributed by atoms with Gasteiger partial charge in [-0.2, -0.15) is 0 Å². The second-order valence-electron chi connectivity index (χ2n) is 5.78. The summed E-state index contributed by atoms with van der Waals surface area (Å²) in [6, 6.07) is 2.37. The molecule has 21 heavy (non-hydrogen) atoms. The second-order valence-corrected chi connectivity index (χ2v) is 5.78. The summed E-state index contributed by atoms with van der Waals surface area (Å²) >= 11 is 0. The molecule has 5 nitrogen and oxygen atoms in total. The minimum atomic E-state index is -1.25. The maximum Gasteiger partial charge on any atom is 0.408 e. The highest BCUT2D eigenvalue weighted by molar-refractivity contribution is 5.84. The Kier molecular flexibility index (Phi) is 2.89. The summed E-state index contributed by atoms with van der Waals surface area (Å²) in [5.74, 6) is -2.05. The van der Waals surface area contributed by atoms with Crippen LogP contribution in [0.4, 0.5) is 13.6 Å². The zero-order valence-corrected chi connectivity index (χ0v) is 11.1. The number of hydrogen-bond donors (Lipinski definition) is 2. The summed E-state index contributed by atoms with van der Waals surface area (Å²) in [7, 11) is 0. The van der Waals surface area contributed by atoms with Gasteiger partial charge < -0.3 is 10.8 Å². The number of benzene rings is 1. The normalized spacial score (nSPS) is 30.7. The average Bonchev–Trinajstić information content (AvgIpc) is 3.10. The van der Waals surface area contributed by atoms with Crippen molar-refractivity contribution in [2.75, 3.05) is 6.54 Å². The van der Waals surface area contributed by atoms with Crippen LogP contribution in [0.5, 0.6) is 0 Å². The summed E-state index contributed by atoms with van der Waals surface area (Å²) in [5, 5.41) is 9.23. The van der Waals surface area contributed by atoms with Crippen molar-refractivity contribution in [3.05, 3.63) is 35.4 Å². The monoisotopic (exact) mass is 296 g/mol. The van der Waals surface area contributed by atoms with E-state index < -0.39 is 35.1 Å². The zero-order chi connectivity index (χ0) is 15.4. The predicted octanol–water partition coefficient (Wildman–Crippen LogP) is 1.46. The van der Waals surface area contributed by atoms with Gasteiger partial charge in [0.2, 0.25) is 5.91 Å². The van der Waals surface area contributed by atoms with Crippen molar-refractivity contribution in [3.8, 4) is 0 Å². The van der Waals surface area contributed by atoms with Crippen LogP contribution in [-0.4, -0.2) is 34.6 Å². The van der Waals surface area contributed by atoms with E-state index in [-0.39, 0.29) is 12.5 Å². The Hall–Kier alpha value is -2.18. The molecular weight excluding hydrogens is 282 g/mol. The second kappa shape index (κ2) is 4.41. The van der Waals surface area contributed by atoms with Crippen LogP contribution >= 0.6 is 0 Å². The first-order valence-corrected chi connectivity index (χ1v) is 6.59. The number of nitrogens with two attached hydrogens (primary N) is 1. The highest BCUT2D eigenvalue weighted by atomic mass is 19.1. The molecule has 1 unspecified atom stereocenters. The third-order valence-corrected chi connectivity index (χ3v) is 4.58. The maximum atomic E-state index is 13.4. The number of carbonyl (C=O) groups is 2. The molecule has 3 N–H and O–H groups in total. The van der Waals surface area contributed by atoms with Crippen molar-refractivity contribution < 1.29 is 23.5 Å². The molecule has 0 bridgehead atoms. The molecule has 112 valence electrons. The van der Waals surface area contributed by atoms with Crippen molar-refractivity contribution in [2.24, 2.45) is 11.7 Å². The molecule has 2 amide bonds. The van der Waals surface area contributed by atoms with E-state index in [1.165, 1.54) is 12.1 Å². The maximum absolute atomic E-state index is 13.4. The first-order chi connectivity index (χ1) is 9.83. The van der Waals surface area contributed by atoms with E-state index in [0.717, 1.165) is 11.0 Å². The van der Waals surface area contributed by atoms with E-state index in [1.807, 2.05) is 0 Å². The minimum absolute atomic E-state index is 0.0202. The van der Waals surface area contributed by atoms with Crippen LogP contribution in [-0.2, 0) is 10.2 Å². The van der Waals surface area contributed by atoms with Crippen LogP contribution in [0.3, 0.4) is 0 Å². The van der Waals surface area contributed by atoms with Gasteiger partial charge in [0.25, 0.3) is 0 Å². The van der Waals surface area contributed by atoms with Gasteiger partial charge in [0, 0.05) is 18.0 Å². The Bertz CT molecular complexity index is 616. The third kappa shape index (κ3) is 2.12. The van der Waals surface area contributed by atoms with Crippen molar-refractivity contribution in [1.29, 1.82) is 0 Å². The van der Waals surface area contributed by atoms with Gasteiger partial charge in [0.1, 0.15) is 17.7 Å². The van der Waals surface area contributed by atoms with Gasteiger partial charge in [-0.25, -0.2) is 13.6 Å². The van der Waals surface area contributed by atoms with E-state index in [9.17, 15) is 23.5 Å². The van der Waals surface area contributed by atoms with E-state index >= 15 is 0 Å². The molecule has 3 atom stereocenters. The first-order valence-electron chi connectivity index (χ1n) is 6.59. The number of nitrogens with zero attached hydrogens (tertiary/aromatic N) is 1. The van der Waals surface area contributed by atoms with E-state index in [1.54, 1.807) is 0 Å². The Morgan fingerprint density at radius 1 is 1.29 bits per heavy atom. The van der Waals surface area contributed by atoms with E-state index in [0.29, 0.717) is 18.4 Å². The molecule has 0 radical (unpaired) electrons. The number of carbonyl (C=O) groups excluding carboxylic acids is 1. The Balaban J connectivity index is 1.95. The fourth-order valence-electron chi connectivity index (χ4n) is 3.45. The third-order valence-electron chi connectivity index (χ3n) is 4.58. The summed E-state index contributed by atoms with van der Waals surface area (Å²) in [4.78, 5) is 23.7. The molecule has 1 saturated heterocycles. The lowest BCUT2D eigenvalue weighted by Crippen LogP contribution is -2.53. The number of rotatable bonds is 2. The lowest BCUT2D eigenvalue weighted by molar-refractivity contribution is -0.123. The van der Waals surface area contributed by atoms with Gasteiger partial charge in [-0.3, -0.25) is 9.69 Å². The molecule has 1 aromatic rings. The smallest absolute Gasteiger partial charge is 0.408 e. The van der Waals surface area contributed by atoms with Gasteiger partial charge in [0.05, 0.1) is 0 Å². The van der Waals surface area contributed by atoms with Crippen LogP contribution in [0.2, 0.25) is 0 Å². The van der Waals surface area contributed by atoms with Gasteiger partial charge in [0.15, 0.2) is 0 Å². The summed E-state index contributed by atoms with van der Waals surface area (Å²) in [5.41, 5.74) is 5.08. The van der Waals surface area contributed by atoms with Crippen LogP contribution in [0, 0.1) is 17.6 Å². The van der Waals surface area contributed by atoms with Gasteiger partial charge in [-0.15, -0.1) is 0 Å². The Morgan fingerprint density at radius 2 is 1.90 bits per heavy atom. The van der Waals surface area contributed by atoms with Crippen LogP contribution in [0.15, 0.2) is 18.2 Å². The van der Waals surface area contributed by atoms with Crippen molar-refractivity contribution in [3.63, 3.8) is 0 Å². The largest absolute Gasteiger partial charge is 0.465 e. The van der Waals surface area contributed by atoms with Crippen LogP contribution in [0.25, 0.3) is 0 Å². The minimum Gasteiger partial charge on any atom is -0.465 e. The summed E-state index contributed by atoms with van der Waals surface area (Å²) < 4.78 is 26.8. The van der Waals surface area contributed by atoms with E-state index in [2.05, 4.69) is 0 Å². The molecule has 2 fully saturated rings. The van der Waals surface area contributed by atoms with Crippen LogP contribution in [0.1, 0.15) is 18.4 Å². The number of hydrogen-bond acceptors (Lipinski definition) is 2. The highest BCUT2D eigenvalue weighted by Crippen LogP contribution is 2.60. The van der Waals surface area contributed by atoms with Gasteiger partial charge >= 0.3 is 6.09 Å². The molecule has 2 aliphatic rings. The molecule has 1 aromatic carbocycles. The van der Waals surface area contributed by atoms with Crippen molar-refractivity contribution in [2.45, 2.75) is 24.3 Å². The standard InChI is InChI=1S/C14H14F2N2O3/c15-9-1-7(2-10(16)4-9)14-5-8(14)3-11(12(17)19)18(6-14)13(20)21/h1-2,4,8,11H,3,5-6H2,(H2,17,19)(H,20,21)/t8-,11?,14-/m1/s1. The first kappa shape index (κ1) is 13.8. The van der Waals surface area contributed by atoms with Crippen LogP contribution < -0.4 is 5.73 Å². The number of fused-ring (bicyclic) bond motifs is 1. The number of piperidine rings is 1. The lowest BCUT2D eigenvalue weighted by Gasteiger charge is -2.36. The molecule has 0 aromatic heterocycles. The highest BCUT2D eigenvalue weighted by Gasteiger charge is 2.61. The molecule has 7 heteroatoms.